The van der Waals surface area contributed by atoms with Crippen LogP contribution in [0.15, 0.2) is 78.9 Å². The maximum absolute atomic E-state index is 14.0. The minimum absolute atomic E-state index is 0.00358. The standard InChI is InChI=1S/C39H41F2N5O9/c1-21(2)34(39(53)42-22(3)36(50)44-30(19-33(49)54-4)32(48)20-55-35-26(40)9-7-10-27(35)41)46-38(52)31(18-23-12-15-25(47)16-13-23)45-37(51)29-17-14-24-8-5-6-11-28(24)43-29/h5-17,21-22,30-31,34,47H,18-20H2,1-4H3,(H,42,53)(H,44,50)(H,45,51)(H,46,52)/t22-,30+,31-,34-/m0/s1. The van der Waals surface area contributed by atoms with E-state index in [4.69, 9.17) is 4.74 Å². The average molecular weight is 762 g/mol. The molecule has 3 aromatic carbocycles. The van der Waals surface area contributed by atoms with Gasteiger partial charge in [0.2, 0.25) is 17.7 Å². The van der Waals surface area contributed by atoms with Gasteiger partial charge in [0, 0.05) is 11.8 Å². The van der Waals surface area contributed by atoms with Gasteiger partial charge in [-0.2, -0.15) is 0 Å². The first kappa shape index (κ1) is 41.3. The van der Waals surface area contributed by atoms with Crippen molar-refractivity contribution >= 4 is 46.3 Å². The number of carbonyl (C=O) groups excluding carboxylic acids is 6. The van der Waals surface area contributed by atoms with Gasteiger partial charge in [-0.05, 0) is 54.8 Å². The van der Waals surface area contributed by atoms with E-state index in [9.17, 15) is 42.7 Å². The van der Waals surface area contributed by atoms with Gasteiger partial charge >= 0.3 is 5.97 Å². The lowest BCUT2D eigenvalue weighted by molar-refractivity contribution is -0.143. The molecule has 5 N–H and O–H groups in total. The number of fused-ring (bicyclic) bond motifs is 1. The molecule has 0 fully saturated rings. The lowest BCUT2D eigenvalue weighted by atomic mass is 10.0. The maximum atomic E-state index is 14.0. The third kappa shape index (κ3) is 11.5. The summed E-state index contributed by atoms with van der Waals surface area (Å²) in [6, 6.07) is 14.0. The number of pyridine rings is 1. The van der Waals surface area contributed by atoms with E-state index in [1.54, 1.807) is 44.2 Å². The third-order valence-corrected chi connectivity index (χ3v) is 8.41. The van der Waals surface area contributed by atoms with Crippen LogP contribution in [0.4, 0.5) is 8.78 Å². The molecule has 0 aliphatic carbocycles. The number of phenolic OH excluding ortho intramolecular Hbond substituents is 1. The van der Waals surface area contributed by atoms with Crippen molar-refractivity contribution in [2.75, 3.05) is 13.7 Å². The normalized spacial score (nSPS) is 13.1. The van der Waals surface area contributed by atoms with Crippen molar-refractivity contribution in [2.24, 2.45) is 5.92 Å². The molecule has 1 aromatic heterocycles. The van der Waals surface area contributed by atoms with Crippen LogP contribution < -0.4 is 26.0 Å². The SMILES string of the molecule is COC(=O)C[C@@H](NC(=O)[C@H](C)NC(=O)[C@@H](NC(=O)[C@H](Cc1ccc(O)cc1)NC(=O)c1ccc2ccccc2n1)C(C)C)C(=O)COc1c(F)cccc1F. The first-order valence-electron chi connectivity index (χ1n) is 17.2. The molecule has 0 radical (unpaired) electrons. The molecule has 1 heterocycles. The Kier molecular flexibility index (Phi) is 14.3. The Labute approximate surface area is 315 Å². The van der Waals surface area contributed by atoms with Crippen LogP contribution in [-0.4, -0.2) is 83.4 Å². The van der Waals surface area contributed by atoms with Crippen molar-refractivity contribution in [3.63, 3.8) is 0 Å². The van der Waals surface area contributed by atoms with Gasteiger partial charge in [0.15, 0.2) is 23.2 Å². The summed E-state index contributed by atoms with van der Waals surface area (Å²) in [4.78, 5) is 83.3. The predicted octanol–water partition coefficient (Wildman–Crippen LogP) is 2.90. The van der Waals surface area contributed by atoms with Gasteiger partial charge < -0.3 is 35.8 Å². The van der Waals surface area contributed by atoms with Crippen LogP contribution in [-0.2, 0) is 35.1 Å². The number of halogens is 2. The number of para-hydroxylation sites is 2. The van der Waals surface area contributed by atoms with Crippen molar-refractivity contribution in [1.29, 1.82) is 0 Å². The van der Waals surface area contributed by atoms with E-state index in [2.05, 4.69) is 31.0 Å². The molecule has 55 heavy (non-hydrogen) atoms. The second-order valence-corrected chi connectivity index (χ2v) is 12.9. The van der Waals surface area contributed by atoms with Crippen molar-refractivity contribution in [1.82, 2.24) is 26.3 Å². The smallest absolute Gasteiger partial charge is 0.308 e. The molecular formula is C39H41F2N5O9. The van der Waals surface area contributed by atoms with Gasteiger partial charge in [0.25, 0.3) is 5.91 Å². The number of esters is 1. The van der Waals surface area contributed by atoms with Gasteiger partial charge in [-0.25, -0.2) is 13.8 Å². The highest BCUT2D eigenvalue weighted by Crippen LogP contribution is 2.21. The van der Waals surface area contributed by atoms with Gasteiger partial charge in [-0.15, -0.1) is 0 Å². The molecule has 0 bridgehead atoms. The van der Waals surface area contributed by atoms with E-state index in [-0.39, 0.29) is 17.9 Å². The summed E-state index contributed by atoms with van der Waals surface area (Å²) in [6.45, 7) is 3.67. The molecule has 0 aliphatic heterocycles. The zero-order valence-corrected chi connectivity index (χ0v) is 30.4. The molecule has 16 heteroatoms. The molecule has 290 valence electrons. The number of ether oxygens (including phenoxy) is 2. The lowest BCUT2D eigenvalue weighted by Gasteiger charge is -2.27. The highest BCUT2D eigenvalue weighted by atomic mass is 19.1. The van der Waals surface area contributed by atoms with Crippen LogP contribution in [0.5, 0.6) is 11.5 Å². The first-order valence-corrected chi connectivity index (χ1v) is 17.2. The minimum Gasteiger partial charge on any atom is -0.508 e. The summed E-state index contributed by atoms with van der Waals surface area (Å²) in [5, 5.41) is 20.7. The number of nitrogens with zero attached hydrogens (tertiary/aromatic N) is 1. The number of methoxy groups -OCH3 is 1. The number of nitrogens with one attached hydrogen (secondary N) is 4. The van der Waals surface area contributed by atoms with E-state index in [1.807, 2.05) is 12.1 Å². The lowest BCUT2D eigenvalue weighted by Crippen LogP contribution is -2.59. The van der Waals surface area contributed by atoms with Crippen molar-refractivity contribution in [3.05, 3.63) is 102 Å². The predicted molar refractivity (Wildman–Crippen MR) is 195 cm³/mol. The Hall–Kier alpha value is -6.45. The molecule has 0 saturated heterocycles. The van der Waals surface area contributed by atoms with Crippen molar-refractivity contribution in [2.45, 2.75) is 57.8 Å². The van der Waals surface area contributed by atoms with Crippen LogP contribution in [0.1, 0.15) is 43.2 Å². The first-order chi connectivity index (χ1) is 26.2. The fourth-order valence-corrected chi connectivity index (χ4v) is 5.32. The quantitative estimate of drug-likeness (QED) is 0.0997. The number of aromatic nitrogens is 1. The van der Waals surface area contributed by atoms with Crippen LogP contribution in [0.25, 0.3) is 10.9 Å². The third-order valence-electron chi connectivity index (χ3n) is 8.41. The number of aromatic hydroxyl groups is 1. The summed E-state index contributed by atoms with van der Waals surface area (Å²) in [7, 11) is 1.06. The van der Waals surface area contributed by atoms with Gasteiger partial charge in [-0.3, -0.25) is 28.8 Å². The van der Waals surface area contributed by atoms with Crippen molar-refractivity contribution < 1.29 is 52.1 Å². The zero-order valence-electron chi connectivity index (χ0n) is 30.4. The molecule has 0 spiro atoms. The fraction of sp³-hybridized carbons (Fsp3) is 0.308. The number of hydrogen-bond acceptors (Lipinski definition) is 10. The fourth-order valence-electron chi connectivity index (χ4n) is 5.32. The maximum Gasteiger partial charge on any atom is 0.308 e. The second-order valence-electron chi connectivity index (χ2n) is 12.9. The highest BCUT2D eigenvalue weighted by Gasteiger charge is 2.32. The van der Waals surface area contributed by atoms with E-state index in [1.165, 1.54) is 25.1 Å². The monoisotopic (exact) mass is 761 g/mol. The molecule has 14 nitrogen and oxygen atoms in total. The van der Waals surface area contributed by atoms with Gasteiger partial charge in [-0.1, -0.05) is 56.3 Å². The van der Waals surface area contributed by atoms with Crippen LogP contribution >= 0.6 is 0 Å². The number of hydrogen-bond donors (Lipinski definition) is 5. The molecular weight excluding hydrogens is 720 g/mol. The number of phenols is 1. The van der Waals surface area contributed by atoms with Crippen LogP contribution in [0.3, 0.4) is 0 Å². The number of rotatable bonds is 17. The zero-order chi connectivity index (χ0) is 40.2. The van der Waals surface area contributed by atoms with E-state index >= 15 is 0 Å². The molecule has 0 aliphatic rings. The Morgan fingerprint density at radius 3 is 2.07 bits per heavy atom. The van der Waals surface area contributed by atoms with Gasteiger partial charge in [0.05, 0.1) is 19.0 Å². The average Bonchev–Trinajstić information content (AvgIpc) is 3.16. The number of carbonyl (C=O) groups is 6. The number of Topliss-reactive ketones (excluding diaryl/α,β-unsaturated/α-hetero) is 1. The molecule has 4 amide bonds. The van der Waals surface area contributed by atoms with Crippen LogP contribution in [0.2, 0.25) is 0 Å². The van der Waals surface area contributed by atoms with E-state index in [0.29, 0.717) is 11.1 Å². The topological polar surface area (TPSA) is 202 Å². The van der Waals surface area contributed by atoms with E-state index in [0.717, 1.165) is 30.7 Å². The minimum atomic E-state index is -1.56. The Balaban J connectivity index is 1.45. The van der Waals surface area contributed by atoms with Crippen molar-refractivity contribution in [3.8, 4) is 11.5 Å². The highest BCUT2D eigenvalue weighted by molar-refractivity contribution is 5.99. The molecule has 4 rings (SSSR count). The number of benzene rings is 3. The Morgan fingerprint density at radius 2 is 1.42 bits per heavy atom. The summed E-state index contributed by atoms with van der Waals surface area (Å²) < 4.78 is 37.6. The largest absolute Gasteiger partial charge is 0.508 e. The molecule has 4 aromatic rings. The Morgan fingerprint density at radius 1 is 0.745 bits per heavy atom. The van der Waals surface area contributed by atoms with Crippen LogP contribution in [0, 0.1) is 17.6 Å². The summed E-state index contributed by atoms with van der Waals surface area (Å²) in [5.41, 5.74) is 1.20. The van der Waals surface area contributed by atoms with Gasteiger partial charge in [0.1, 0.15) is 42.2 Å². The second kappa shape index (κ2) is 19.0. The number of ketones is 1. The summed E-state index contributed by atoms with van der Waals surface area (Å²) >= 11 is 0. The molecule has 4 atom stereocenters. The Bertz CT molecular complexity index is 2020. The molecule has 0 saturated carbocycles. The van der Waals surface area contributed by atoms with E-state index < -0.39 is 95.9 Å². The number of amides is 4. The molecule has 0 unspecified atom stereocenters. The summed E-state index contributed by atoms with van der Waals surface area (Å²) in [5.74, 6) is -8.39. The summed E-state index contributed by atoms with van der Waals surface area (Å²) in [6.07, 6.45) is -0.683.